The van der Waals surface area contributed by atoms with E-state index in [0.29, 0.717) is 36.0 Å². The molecule has 3 aromatic rings. The van der Waals surface area contributed by atoms with Crippen LogP contribution in [0.4, 0.5) is 0 Å². The highest BCUT2D eigenvalue weighted by Gasteiger charge is 2.10. The van der Waals surface area contributed by atoms with Crippen molar-refractivity contribution < 1.29 is 33.3 Å². The van der Waals surface area contributed by atoms with Crippen LogP contribution >= 0.6 is 0 Å². The number of hydrogen-bond donors (Lipinski definition) is 0. The third-order valence-electron chi connectivity index (χ3n) is 5.27. The highest BCUT2D eigenvalue weighted by molar-refractivity contribution is 5.91. The van der Waals surface area contributed by atoms with Gasteiger partial charge >= 0.3 is 17.9 Å². The summed E-state index contributed by atoms with van der Waals surface area (Å²) in [5.74, 6) is -0.0885. The summed E-state index contributed by atoms with van der Waals surface area (Å²) in [4.78, 5) is 35.4. The molecule has 3 rings (SSSR count). The summed E-state index contributed by atoms with van der Waals surface area (Å²) in [5.41, 5.74) is 1.27. The lowest BCUT2D eigenvalue weighted by atomic mass is 10.2. The maximum atomic E-state index is 12.5. The van der Waals surface area contributed by atoms with E-state index in [1.54, 1.807) is 54.6 Å². The van der Waals surface area contributed by atoms with Gasteiger partial charge in [-0.15, -0.1) is 0 Å². The molecular formula is C31H30O7. The molecule has 196 valence electrons. The van der Waals surface area contributed by atoms with Crippen LogP contribution in [0.5, 0.6) is 17.2 Å². The maximum absolute atomic E-state index is 12.5. The Bertz CT molecular complexity index is 1210. The van der Waals surface area contributed by atoms with Crippen LogP contribution in [0.25, 0.3) is 6.08 Å². The number of rotatable bonds is 14. The van der Waals surface area contributed by atoms with Gasteiger partial charge in [-0.2, -0.15) is 0 Å². The molecule has 0 N–H and O–H groups in total. The summed E-state index contributed by atoms with van der Waals surface area (Å²) in [6.07, 6.45) is 7.74. The Hall–Kier alpha value is -4.65. The topological polar surface area (TPSA) is 88.1 Å². The largest absolute Gasteiger partial charge is 0.494 e. The predicted octanol–water partition coefficient (Wildman–Crippen LogP) is 6.19. The lowest BCUT2D eigenvalue weighted by Crippen LogP contribution is -2.08. The molecule has 3 aromatic carbocycles. The number of carbonyl (C=O) groups excluding carboxylic acids is 3. The normalized spacial score (nSPS) is 10.5. The molecule has 0 spiro atoms. The summed E-state index contributed by atoms with van der Waals surface area (Å²) in [5, 5.41) is 0. The van der Waals surface area contributed by atoms with Crippen LogP contribution in [0, 0.1) is 0 Å². The highest BCUT2D eigenvalue weighted by Crippen LogP contribution is 2.20. The minimum absolute atomic E-state index is 0.328. The zero-order valence-corrected chi connectivity index (χ0v) is 21.0. The minimum Gasteiger partial charge on any atom is -0.494 e. The Balaban J connectivity index is 1.36. The van der Waals surface area contributed by atoms with E-state index in [2.05, 4.69) is 6.58 Å². The number of carbonyl (C=O) groups is 3. The van der Waals surface area contributed by atoms with Gasteiger partial charge in [-0.05, 0) is 85.9 Å². The summed E-state index contributed by atoms with van der Waals surface area (Å²) in [6, 6.07) is 22.4. The quantitative estimate of drug-likeness (QED) is 0.110. The average molecular weight is 515 g/mol. The molecule has 0 aromatic heterocycles. The van der Waals surface area contributed by atoms with Crippen LogP contribution in [0.1, 0.15) is 41.6 Å². The van der Waals surface area contributed by atoms with E-state index in [-0.39, 0.29) is 0 Å². The molecule has 0 fully saturated rings. The Kier molecular flexibility index (Phi) is 11.4. The van der Waals surface area contributed by atoms with Crippen molar-refractivity contribution in [3.8, 4) is 17.2 Å². The molecule has 0 aliphatic heterocycles. The second kappa shape index (κ2) is 15.5. The van der Waals surface area contributed by atoms with Crippen LogP contribution in [0.3, 0.4) is 0 Å². The van der Waals surface area contributed by atoms with E-state index >= 15 is 0 Å². The van der Waals surface area contributed by atoms with Crippen molar-refractivity contribution in [3.05, 3.63) is 109 Å². The first-order chi connectivity index (χ1) is 18.5. The Morgan fingerprint density at radius 1 is 0.658 bits per heavy atom. The summed E-state index contributed by atoms with van der Waals surface area (Å²) in [6.45, 7) is 4.30. The minimum atomic E-state index is -0.510. The van der Waals surface area contributed by atoms with E-state index in [0.717, 1.165) is 37.3 Å². The Morgan fingerprint density at radius 2 is 1.26 bits per heavy atom. The first-order valence-corrected chi connectivity index (χ1v) is 12.3. The van der Waals surface area contributed by atoms with Gasteiger partial charge in [-0.25, -0.2) is 14.4 Å². The molecule has 0 amide bonds. The number of unbranched alkanes of at least 4 members (excludes halogenated alkanes) is 3. The second-order valence-electron chi connectivity index (χ2n) is 8.18. The molecule has 0 aliphatic rings. The zero-order chi connectivity index (χ0) is 27.0. The predicted molar refractivity (Wildman–Crippen MR) is 144 cm³/mol. The van der Waals surface area contributed by atoms with Crippen molar-refractivity contribution in [3.63, 3.8) is 0 Å². The first-order valence-electron chi connectivity index (χ1n) is 12.3. The van der Waals surface area contributed by atoms with Crippen molar-refractivity contribution in [2.24, 2.45) is 0 Å². The standard InChI is InChI=1S/C31H30O7/c1-2-29(32)36-23-9-4-3-8-22-35-26-15-13-25(14-16-26)31(34)38-28-19-17-27(18-20-28)37-30(33)21-12-24-10-6-5-7-11-24/h2,5-7,10-21H,1,3-4,8-9,22-23H2. The second-order valence-corrected chi connectivity index (χ2v) is 8.18. The van der Waals surface area contributed by atoms with E-state index < -0.39 is 17.9 Å². The van der Waals surface area contributed by atoms with E-state index in [1.807, 2.05) is 30.3 Å². The molecule has 0 heterocycles. The third-order valence-corrected chi connectivity index (χ3v) is 5.27. The molecule has 7 heteroatoms. The Labute approximate surface area is 222 Å². The number of hydrogen-bond acceptors (Lipinski definition) is 7. The van der Waals surface area contributed by atoms with Gasteiger partial charge in [0.2, 0.25) is 0 Å². The van der Waals surface area contributed by atoms with E-state index in [4.69, 9.17) is 18.9 Å². The smallest absolute Gasteiger partial charge is 0.343 e. The van der Waals surface area contributed by atoms with Crippen LogP contribution in [0.2, 0.25) is 0 Å². The van der Waals surface area contributed by atoms with Crippen molar-refractivity contribution in [1.82, 2.24) is 0 Å². The molecule has 0 atom stereocenters. The summed E-state index contributed by atoms with van der Waals surface area (Å²) < 4.78 is 21.3. The van der Waals surface area contributed by atoms with Gasteiger partial charge < -0.3 is 18.9 Å². The van der Waals surface area contributed by atoms with Crippen LogP contribution < -0.4 is 14.2 Å². The van der Waals surface area contributed by atoms with Crippen LogP contribution in [-0.2, 0) is 14.3 Å². The molecule has 7 nitrogen and oxygen atoms in total. The van der Waals surface area contributed by atoms with Gasteiger partial charge in [0.05, 0.1) is 18.8 Å². The Morgan fingerprint density at radius 3 is 1.92 bits per heavy atom. The van der Waals surface area contributed by atoms with Crippen molar-refractivity contribution in [2.45, 2.75) is 25.7 Å². The maximum Gasteiger partial charge on any atom is 0.343 e. The summed E-state index contributed by atoms with van der Waals surface area (Å²) >= 11 is 0. The lowest BCUT2D eigenvalue weighted by Gasteiger charge is -2.08. The fraction of sp³-hybridized carbons (Fsp3) is 0.194. The number of esters is 3. The SMILES string of the molecule is C=CC(=O)OCCCCCCOc1ccc(C(=O)Oc2ccc(OC(=O)C=Cc3ccccc3)cc2)cc1. The van der Waals surface area contributed by atoms with Crippen LogP contribution in [-0.4, -0.2) is 31.1 Å². The van der Waals surface area contributed by atoms with Gasteiger partial charge in [0.1, 0.15) is 17.2 Å². The molecule has 0 bridgehead atoms. The van der Waals surface area contributed by atoms with Crippen LogP contribution in [0.15, 0.2) is 97.6 Å². The highest BCUT2D eigenvalue weighted by atomic mass is 16.5. The molecule has 0 unspecified atom stereocenters. The van der Waals surface area contributed by atoms with Gasteiger partial charge in [0.25, 0.3) is 0 Å². The van der Waals surface area contributed by atoms with Crippen molar-refractivity contribution in [1.29, 1.82) is 0 Å². The molecule has 0 aliphatic carbocycles. The summed E-state index contributed by atoms with van der Waals surface area (Å²) in [7, 11) is 0. The molecular weight excluding hydrogens is 484 g/mol. The fourth-order valence-corrected chi connectivity index (χ4v) is 3.29. The first kappa shape index (κ1) is 27.9. The van der Waals surface area contributed by atoms with Gasteiger partial charge in [-0.3, -0.25) is 0 Å². The van der Waals surface area contributed by atoms with E-state index in [9.17, 15) is 14.4 Å². The monoisotopic (exact) mass is 514 g/mol. The average Bonchev–Trinajstić information content (AvgIpc) is 2.95. The fourth-order valence-electron chi connectivity index (χ4n) is 3.29. The van der Waals surface area contributed by atoms with Crippen molar-refractivity contribution in [2.75, 3.05) is 13.2 Å². The van der Waals surface area contributed by atoms with E-state index in [1.165, 1.54) is 6.08 Å². The number of ether oxygens (including phenoxy) is 4. The van der Waals surface area contributed by atoms with Gasteiger partial charge in [0.15, 0.2) is 0 Å². The molecule has 0 saturated carbocycles. The van der Waals surface area contributed by atoms with Gasteiger partial charge in [-0.1, -0.05) is 36.9 Å². The van der Waals surface area contributed by atoms with Gasteiger partial charge in [0, 0.05) is 12.2 Å². The molecule has 0 saturated heterocycles. The number of benzene rings is 3. The lowest BCUT2D eigenvalue weighted by molar-refractivity contribution is -0.137. The molecule has 38 heavy (non-hydrogen) atoms. The van der Waals surface area contributed by atoms with Crippen molar-refractivity contribution >= 4 is 24.0 Å². The zero-order valence-electron chi connectivity index (χ0n) is 21.0. The third kappa shape index (κ3) is 10.1. The molecule has 0 radical (unpaired) electrons.